The van der Waals surface area contributed by atoms with Crippen molar-refractivity contribution in [3.8, 4) is 28.4 Å². The maximum Gasteiger partial charge on any atom is 0.393 e. The van der Waals surface area contributed by atoms with Crippen molar-refractivity contribution in [2.24, 2.45) is 0 Å². The molecule has 0 spiro atoms. The molecule has 4 aromatic rings. The van der Waals surface area contributed by atoms with E-state index in [0.29, 0.717) is 28.6 Å². The van der Waals surface area contributed by atoms with Crippen molar-refractivity contribution in [3.05, 3.63) is 48.0 Å². The third-order valence-corrected chi connectivity index (χ3v) is 6.31. The number of ether oxygens (including phenoxy) is 1. The van der Waals surface area contributed by atoms with Crippen molar-refractivity contribution < 1.29 is 17.9 Å². The molecule has 0 bridgehead atoms. The van der Waals surface area contributed by atoms with Gasteiger partial charge in [0, 0.05) is 23.5 Å². The molecule has 11 heteroatoms. The molecule has 5 heterocycles. The first-order valence-corrected chi connectivity index (χ1v) is 11.0. The van der Waals surface area contributed by atoms with Crippen molar-refractivity contribution in [1.82, 2.24) is 34.7 Å². The SMILES string of the molecule is COc1cc(-c2[nH]nc(-c3ccc(C4CCN(C)CC4)cn3)c2CC(F)(F)F)cn2ncnc12. The maximum atomic E-state index is 13.6. The summed E-state index contributed by atoms with van der Waals surface area (Å²) in [7, 11) is 3.57. The Kier molecular flexibility index (Phi) is 5.72. The number of piperidine rings is 1. The molecule has 1 N–H and O–H groups in total. The first kappa shape index (κ1) is 22.3. The van der Waals surface area contributed by atoms with Crippen LogP contribution in [-0.2, 0) is 6.42 Å². The van der Waals surface area contributed by atoms with Crippen molar-refractivity contribution >= 4 is 5.65 Å². The van der Waals surface area contributed by atoms with E-state index < -0.39 is 12.6 Å². The topological polar surface area (TPSA) is 84.2 Å². The van der Waals surface area contributed by atoms with Gasteiger partial charge in [-0.15, -0.1) is 0 Å². The third-order valence-electron chi connectivity index (χ3n) is 6.31. The van der Waals surface area contributed by atoms with Crippen LogP contribution in [-0.4, -0.2) is 68.1 Å². The largest absolute Gasteiger partial charge is 0.493 e. The minimum Gasteiger partial charge on any atom is -0.493 e. The minimum atomic E-state index is -4.43. The van der Waals surface area contributed by atoms with Gasteiger partial charge in [0.2, 0.25) is 0 Å². The number of hydrogen-bond acceptors (Lipinski definition) is 6. The zero-order valence-electron chi connectivity index (χ0n) is 18.8. The van der Waals surface area contributed by atoms with Gasteiger partial charge >= 0.3 is 6.18 Å². The first-order valence-electron chi connectivity index (χ1n) is 11.0. The summed E-state index contributed by atoms with van der Waals surface area (Å²) in [6.07, 6.45) is 1.21. The van der Waals surface area contributed by atoms with E-state index >= 15 is 0 Å². The number of nitrogens with one attached hydrogen (secondary N) is 1. The molecule has 0 aliphatic carbocycles. The van der Waals surface area contributed by atoms with Crippen LogP contribution in [0.2, 0.25) is 0 Å². The van der Waals surface area contributed by atoms with Gasteiger partial charge in [-0.25, -0.2) is 9.50 Å². The lowest BCUT2D eigenvalue weighted by Gasteiger charge is -2.29. The van der Waals surface area contributed by atoms with Crippen molar-refractivity contribution in [1.29, 1.82) is 0 Å². The Hall–Kier alpha value is -3.47. The number of aromatic amines is 1. The molecule has 0 atom stereocenters. The summed E-state index contributed by atoms with van der Waals surface area (Å²) in [6.45, 7) is 2.04. The Morgan fingerprint density at radius 2 is 1.97 bits per heavy atom. The monoisotopic (exact) mass is 471 g/mol. The van der Waals surface area contributed by atoms with Gasteiger partial charge in [0.1, 0.15) is 12.0 Å². The molecular formula is C23H24F3N7O. The fraction of sp³-hybridized carbons (Fsp3) is 0.391. The Morgan fingerprint density at radius 1 is 1.18 bits per heavy atom. The van der Waals surface area contributed by atoms with E-state index in [1.54, 1.807) is 24.5 Å². The molecular weight excluding hydrogens is 447 g/mol. The van der Waals surface area contributed by atoms with Crippen LogP contribution in [0, 0.1) is 0 Å². The van der Waals surface area contributed by atoms with Gasteiger partial charge in [-0.2, -0.15) is 23.4 Å². The van der Waals surface area contributed by atoms with Crippen LogP contribution in [0.5, 0.6) is 5.75 Å². The lowest BCUT2D eigenvalue weighted by atomic mass is 9.90. The smallest absolute Gasteiger partial charge is 0.393 e. The van der Waals surface area contributed by atoms with Crippen molar-refractivity contribution in [3.63, 3.8) is 0 Å². The Balaban J connectivity index is 1.54. The van der Waals surface area contributed by atoms with Gasteiger partial charge in [-0.1, -0.05) is 6.07 Å². The van der Waals surface area contributed by atoms with Crippen LogP contribution in [0.15, 0.2) is 36.9 Å². The maximum absolute atomic E-state index is 13.6. The van der Waals surface area contributed by atoms with Crippen molar-refractivity contribution in [2.45, 2.75) is 31.4 Å². The summed E-state index contributed by atoms with van der Waals surface area (Å²) in [5.74, 6) is 0.800. The second-order valence-corrected chi connectivity index (χ2v) is 8.60. The highest BCUT2D eigenvalue weighted by Gasteiger charge is 2.33. The van der Waals surface area contributed by atoms with Gasteiger partial charge < -0.3 is 9.64 Å². The Morgan fingerprint density at radius 3 is 2.65 bits per heavy atom. The number of H-pyrrole nitrogens is 1. The normalized spacial score (nSPS) is 15.8. The van der Waals surface area contributed by atoms with Crippen molar-refractivity contribution in [2.75, 3.05) is 27.2 Å². The van der Waals surface area contributed by atoms with Crippen LogP contribution < -0.4 is 4.74 Å². The number of halogens is 3. The van der Waals surface area contributed by atoms with Gasteiger partial charge in [-0.3, -0.25) is 10.1 Å². The first-order chi connectivity index (χ1) is 16.3. The lowest BCUT2D eigenvalue weighted by molar-refractivity contribution is -0.127. The highest BCUT2D eigenvalue weighted by Crippen LogP contribution is 2.36. The summed E-state index contributed by atoms with van der Waals surface area (Å²) in [6, 6.07) is 5.33. The highest BCUT2D eigenvalue weighted by atomic mass is 19.4. The molecule has 1 fully saturated rings. The fourth-order valence-corrected chi connectivity index (χ4v) is 4.50. The summed E-state index contributed by atoms with van der Waals surface area (Å²) >= 11 is 0. The fourth-order valence-electron chi connectivity index (χ4n) is 4.50. The molecule has 1 aliphatic heterocycles. The number of rotatable bonds is 5. The summed E-state index contributed by atoms with van der Waals surface area (Å²) in [5.41, 5.74) is 2.86. The molecule has 34 heavy (non-hydrogen) atoms. The second-order valence-electron chi connectivity index (χ2n) is 8.60. The standard InChI is InChI=1S/C23H24F3N7O/c1-32-7-5-14(6-8-32)15-3-4-18(27-11-15)21-17(10-23(24,25)26)20(30-31-21)16-9-19(34-2)22-28-13-29-33(22)12-16/h3-4,9,11-14H,5-8,10H2,1-2H3,(H,30,31). The predicted octanol–water partition coefficient (Wildman–Crippen LogP) is 4.10. The average molecular weight is 471 g/mol. The van der Waals surface area contributed by atoms with Gasteiger partial charge in [0.05, 0.1) is 24.9 Å². The molecule has 0 unspecified atom stereocenters. The summed E-state index contributed by atoms with van der Waals surface area (Å²) < 4.78 is 47.6. The van der Waals surface area contributed by atoms with Crippen LogP contribution in [0.4, 0.5) is 13.2 Å². The van der Waals surface area contributed by atoms with Crippen LogP contribution >= 0.6 is 0 Å². The van der Waals surface area contributed by atoms with Gasteiger partial charge in [-0.05, 0) is 56.6 Å². The number of methoxy groups -OCH3 is 1. The van der Waals surface area contributed by atoms with Crippen LogP contribution in [0.1, 0.15) is 29.9 Å². The molecule has 1 aliphatic rings. The molecule has 0 saturated carbocycles. The average Bonchev–Trinajstić information content (AvgIpc) is 3.45. The zero-order valence-corrected chi connectivity index (χ0v) is 18.8. The minimum absolute atomic E-state index is 0.0218. The number of likely N-dealkylation sites (tertiary alicyclic amines) is 1. The van der Waals surface area contributed by atoms with Crippen LogP contribution in [0.3, 0.4) is 0 Å². The molecule has 1 saturated heterocycles. The number of alkyl halides is 3. The number of aromatic nitrogens is 6. The molecule has 0 amide bonds. The quantitative estimate of drug-likeness (QED) is 0.472. The molecule has 8 nitrogen and oxygen atoms in total. The van der Waals surface area contributed by atoms with E-state index in [2.05, 4.69) is 37.2 Å². The highest BCUT2D eigenvalue weighted by molar-refractivity contribution is 5.75. The number of hydrogen-bond donors (Lipinski definition) is 1. The van der Waals surface area contributed by atoms with E-state index in [1.807, 2.05) is 6.07 Å². The van der Waals surface area contributed by atoms with E-state index in [-0.39, 0.29) is 17.0 Å². The molecule has 4 aromatic heterocycles. The van der Waals surface area contributed by atoms with E-state index in [0.717, 1.165) is 31.5 Å². The Labute approximate surface area is 193 Å². The lowest BCUT2D eigenvalue weighted by Crippen LogP contribution is -2.29. The van der Waals surface area contributed by atoms with E-state index in [1.165, 1.54) is 18.0 Å². The summed E-state index contributed by atoms with van der Waals surface area (Å²) in [5, 5.41) is 11.1. The second kappa shape index (κ2) is 8.71. The number of fused-ring (bicyclic) bond motifs is 1. The molecule has 0 radical (unpaired) electrons. The predicted molar refractivity (Wildman–Crippen MR) is 120 cm³/mol. The Bertz CT molecular complexity index is 1290. The number of pyridine rings is 2. The van der Waals surface area contributed by atoms with Gasteiger partial charge in [0.15, 0.2) is 11.4 Å². The molecule has 178 valence electrons. The van der Waals surface area contributed by atoms with Crippen LogP contribution in [0.25, 0.3) is 28.3 Å². The summed E-state index contributed by atoms with van der Waals surface area (Å²) in [4.78, 5) is 10.9. The molecule has 0 aromatic carbocycles. The van der Waals surface area contributed by atoms with E-state index in [4.69, 9.17) is 4.74 Å². The zero-order chi connectivity index (χ0) is 23.9. The van der Waals surface area contributed by atoms with E-state index in [9.17, 15) is 13.2 Å². The van der Waals surface area contributed by atoms with Gasteiger partial charge in [0.25, 0.3) is 0 Å². The third kappa shape index (κ3) is 4.35. The number of nitrogens with zero attached hydrogens (tertiary/aromatic N) is 6. The molecule has 5 rings (SSSR count).